The Morgan fingerprint density at radius 3 is 2.88 bits per heavy atom. The molecule has 0 aromatic carbocycles. The number of carboxylic acids is 1. The standard InChI is InChI=1S/C9H11NO4S2/c1-2-3-5-10-16(13,14)7-4-6-15-8(7)9(11)12/h2,4,6,10H,1,3,5H2,(H,11,12). The quantitative estimate of drug-likeness (QED) is 0.597. The van der Waals surface area contributed by atoms with Crippen LogP contribution in [-0.4, -0.2) is 26.0 Å². The molecule has 0 atom stereocenters. The van der Waals surface area contributed by atoms with Crippen LogP contribution < -0.4 is 4.72 Å². The van der Waals surface area contributed by atoms with Gasteiger partial charge in [-0.15, -0.1) is 17.9 Å². The molecule has 0 fully saturated rings. The van der Waals surface area contributed by atoms with Crippen LogP contribution in [0.2, 0.25) is 0 Å². The Bertz CT molecular complexity index is 489. The van der Waals surface area contributed by atoms with E-state index in [2.05, 4.69) is 11.3 Å². The van der Waals surface area contributed by atoms with Crippen molar-refractivity contribution in [3.63, 3.8) is 0 Å². The summed E-state index contributed by atoms with van der Waals surface area (Å²) in [7, 11) is -3.73. The maximum Gasteiger partial charge on any atom is 0.347 e. The lowest BCUT2D eigenvalue weighted by Gasteiger charge is -2.04. The molecule has 0 radical (unpaired) electrons. The van der Waals surface area contributed by atoms with Gasteiger partial charge in [0.25, 0.3) is 0 Å². The van der Waals surface area contributed by atoms with Crippen LogP contribution in [0.25, 0.3) is 0 Å². The van der Waals surface area contributed by atoms with E-state index in [1.165, 1.54) is 11.4 Å². The highest BCUT2D eigenvalue weighted by molar-refractivity contribution is 7.89. The molecule has 5 nitrogen and oxygen atoms in total. The molecule has 0 spiro atoms. The molecule has 0 unspecified atom stereocenters. The van der Waals surface area contributed by atoms with E-state index in [0.717, 1.165) is 11.3 Å². The topological polar surface area (TPSA) is 83.5 Å². The first-order chi connectivity index (χ1) is 7.49. The monoisotopic (exact) mass is 261 g/mol. The molecule has 7 heteroatoms. The summed E-state index contributed by atoms with van der Waals surface area (Å²) in [6, 6.07) is 1.28. The molecule has 1 aromatic heterocycles. The van der Waals surface area contributed by atoms with Gasteiger partial charge in [0.05, 0.1) is 0 Å². The summed E-state index contributed by atoms with van der Waals surface area (Å²) >= 11 is 0.885. The highest BCUT2D eigenvalue weighted by Crippen LogP contribution is 2.21. The van der Waals surface area contributed by atoms with Gasteiger partial charge < -0.3 is 5.11 Å². The number of aromatic carboxylic acids is 1. The van der Waals surface area contributed by atoms with Gasteiger partial charge in [0.15, 0.2) is 0 Å². The first kappa shape index (κ1) is 12.9. The van der Waals surface area contributed by atoms with E-state index in [-0.39, 0.29) is 16.3 Å². The maximum absolute atomic E-state index is 11.7. The van der Waals surface area contributed by atoms with Gasteiger partial charge in [0.1, 0.15) is 9.77 Å². The molecule has 0 saturated carbocycles. The number of rotatable bonds is 6. The fourth-order valence-electron chi connectivity index (χ4n) is 1.04. The van der Waals surface area contributed by atoms with Gasteiger partial charge in [0, 0.05) is 6.54 Å². The molecule has 0 saturated heterocycles. The van der Waals surface area contributed by atoms with Crippen LogP contribution in [-0.2, 0) is 10.0 Å². The van der Waals surface area contributed by atoms with E-state index in [0.29, 0.717) is 6.42 Å². The minimum atomic E-state index is -3.73. The van der Waals surface area contributed by atoms with Crippen molar-refractivity contribution in [2.75, 3.05) is 6.54 Å². The fourth-order valence-corrected chi connectivity index (χ4v) is 3.34. The lowest BCUT2D eigenvalue weighted by Crippen LogP contribution is -2.25. The minimum Gasteiger partial charge on any atom is -0.477 e. The molecule has 0 aliphatic heterocycles. The zero-order valence-electron chi connectivity index (χ0n) is 8.34. The molecule has 0 bridgehead atoms. The van der Waals surface area contributed by atoms with Crippen molar-refractivity contribution in [1.29, 1.82) is 0 Å². The van der Waals surface area contributed by atoms with Crippen molar-refractivity contribution in [2.24, 2.45) is 0 Å². The lowest BCUT2D eigenvalue weighted by atomic mass is 10.4. The molecular weight excluding hydrogens is 250 g/mol. The molecule has 1 aromatic rings. The summed E-state index contributed by atoms with van der Waals surface area (Å²) in [5, 5.41) is 10.2. The number of carboxylic acid groups (broad SMARTS) is 1. The van der Waals surface area contributed by atoms with E-state index in [9.17, 15) is 13.2 Å². The van der Waals surface area contributed by atoms with Crippen molar-refractivity contribution in [2.45, 2.75) is 11.3 Å². The van der Waals surface area contributed by atoms with Crippen LogP contribution in [0, 0.1) is 0 Å². The highest BCUT2D eigenvalue weighted by Gasteiger charge is 2.22. The molecule has 16 heavy (non-hydrogen) atoms. The van der Waals surface area contributed by atoms with Crippen LogP contribution in [0.15, 0.2) is 29.0 Å². The van der Waals surface area contributed by atoms with Crippen LogP contribution in [0.5, 0.6) is 0 Å². The van der Waals surface area contributed by atoms with Crippen LogP contribution in [0.4, 0.5) is 0 Å². The predicted octanol–water partition coefficient (Wildman–Crippen LogP) is 1.30. The maximum atomic E-state index is 11.7. The zero-order valence-corrected chi connectivity index (χ0v) is 9.97. The first-order valence-corrected chi connectivity index (χ1v) is 6.76. The van der Waals surface area contributed by atoms with Gasteiger partial charge in [-0.25, -0.2) is 17.9 Å². The number of sulfonamides is 1. The van der Waals surface area contributed by atoms with Gasteiger partial charge in [0.2, 0.25) is 10.0 Å². The Hall–Kier alpha value is -1.18. The summed E-state index contributed by atoms with van der Waals surface area (Å²) in [4.78, 5) is 10.4. The van der Waals surface area contributed by atoms with Gasteiger partial charge in [-0.05, 0) is 17.9 Å². The summed E-state index contributed by atoms with van der Waals surface area (Å²) < 4.78 is 25.7. The molecule has 2 N–H and O–H groups in total. The number of thiophene rings is 1. The average molecular weight is 261 g/mol. The number of hydrogen-bond donors (Lipinski definition) is 2. The average Bonchev–Trinajstić information content (AvgIpc) is 2.66. The Kier molecular flexibility index (Phi) is 4.22. The Morgan fingerprint density at radius 2 is 2.31 bits per heavy atom. The Labute approximate surface area is 97.5 Å². The summed E-state index contributed by atoms with van der Waals surface area (Å²) in [6.45, 7) is 3.67. The second-order valence-electron chi connectivity index (χ2n) is 2.89. The van der Waals surface area contributed by atoms with Crippen molar-refractivity contribution >= 4 is 27.3 Å². The second kappa shape index (κ2) is 5.24. The Morgan fingerprint density at radius 1 is 1.62 bits per heavy atom. The largest absolute Gasteiger partial charge is 0.477 e. The third-order valence-electron chi connectivity index (χ3n) is 1.75. The fraction of sp³-hybridized carbons (Fsp3) is 0.222. The predicted molar refractivity (Wildman–Crippen MR) is 61.3 cm³/mol. The normalized spacial score (nSPS) is 11.2. The first-order valence-electron chi connectivity index (χ1n) is 4.40. The van der Waals surface area contributed by atoms with Crippen molar-refractivity contribution < 1.29 is 18.3 Å². The third-order valence-corrected chi connectivity index (χ3v) is 4.29. The highest BCUT2D eigenvalue weighted by atomic mass is 32.2. The smallest absolute Gasteiger partial charge is 0.347 e. The summed E-state index contributed by atoms with van der Waals surface area (Å²) in [6.07, 6.45) is 2.07. The molecule has 1 rings (SSSR count). The van der Waals surface area contributed by atoms with Gasteiger partial charge in [-0.3, -0.25) is 0 Å². The van der Waals surface area contributed by atoms with Crippen LogP contribution in [0.3, 0.4) is 0 Å². The SMILES string of the molecule is C=CCCNS(=O)(=O)c1ccsc1C(=O)O. The Balaban J connectivity index is 2.94. The van der Waals surface area contributed by atoms with Gasteiger partial charge in [-0.2, -0.15) is 0 Å². The van der Waals surface area contributed by atoms with E-state index in [1.807, 2.05) is 0 Å². The minimum absolute atomic E-state index is 0.175. The number of nitrogens with one attached hydrogen (secondary N) is 1. The van der Waals surface area contributed by atoms with Crippen LogP contribution in [0.1, 0.15) is 16.1 Å². The van der Waals surface area contributed by atoms with E-state index < -0.39 is 16.0 Å². The summed E-state index contributed by atoms with van der Waals surface area (Å²) in [5.41, 5.74) is 0. The molecule has 1 heterocycles. The summed E-state index contributed by atoms with van der Waals surface area (Å²) in [5.74, 6) is -1.24. The lowest BCUT2D eigenvalue weighted by molar-refractivity contribution is 0.0698. The molecular formula is C9H11NO4S2. The van der Waals surface area contributed by atoms with E-state index in [4.69, 9.17) is 5.11 Å². The van der Waals surface area contributed by atoms with Crippen molar-refractivity contribution in [1.82, 2.24) is 4.72 Å². The molecule has 0 aliphatic rings. The zero-order chi connectivity index (χ0) is 12.2. The van der Waals surface area contributed by atoms with Gasteiger partial charge in [-0.1, -0.05) is 6.08 Å². The van der Waals surface area contributed by atoms with E-state index in [1.54, 1.807) is 6.08 Å². The molecule has 88 valence electrons. The van der Waals surface area contributed by atoms with Crippen molar-refractivity contribution in [3.8, 4) is 0 Å². The molecule has 0 amide bonds. The second-order valence-corrected chi connectivity index (χ2v) is 5.55. The van der Waals surface area contributed by atoms with Crippen molar-refractivity contribution in [3.05, 3.63) is 29.0 Å². The van der Waals surface area contributed by atoms with E-state index >= 15 is 0 Å². The third kappa shape index (κ3) is 2.91. The molecule has 0 aliphatic carbocycles. The number of carbonyl (C=O) groups is 1. The number of hydrogen-bond acceptors (Lipinski definition) is 4. The van der Waals surface area contributed by atoms with Crippen LogP contribution >= 0.6 is 11.3 Å². The van der Waals surface area contributed by atoms with Gasteiger partial charge >= 0.3 is 5.97 Å².